The van der Waals surface area contributed by atoms with Crippen LogP contribution >= 0.6 is 11.8 Å². The number of hydrogen-bond donors (Lipinski definition) is 1. The van der Waals surface area contributed by atoms with Gasteiger partial charge in [0.25, 0.3) is 0 Å². The van der Waals surface area contributed by atoms with Gasteiger partial charge in [-0.15, -0.1) is 18.3 Å². The van der Waals surface area contributed by atoms with E-state index in [1.54, 1.807) is 11.8 Å². The number of thioether (sulfide) groups is 1. The topological polar surface area (TPSA) is 12.0 Å². The van der Waals surface area contributed by atoms with E-state index in [2.05, 4.69) is 42.4 Å². The summed E-state index contributed by atoms with van der Waals surface area (Å²) in [6.45, 7) is 3.78. The standard InChI is InChI=1S/C12H17NS/c1-4-7-11(13-2)10-8-5-6-9-12(10)14-3/h4-6,8-9,11,13H,1,7H2,2-3H3. The summed E-state index contributed by atoms with van der Waals surface area (Å²) in [6, 6.07) is 8.89. The quantitative estimate of drug-likeness (QED) is 0.587. The van der Waals surface area contributed by atoms with Gasteiger partial charge in [0.05, 0.1) is 0 Å². The summed E-state index contributed by atoms with van der Waals surface area (Å²) in [5, 5.41) is 3.31. The van der Waals surface area contributed by atoms with Crippen LogP contribution in [0.3, 0.4) is 0 Å². The van der Waals surface area contributed by atoms with Crippen molar-refractivity contribution in [1.82, 2.24) is 5.32 Å². The molecule has 0 radical (unpaired) electrons. The minimum atomic E-state index is 0.385. The van der Waals surface area contributed by atoms with E-state index in [9.17, 15) is 0 Å². The highest BCUT2D eigenvalue weighted by molar-refractivity contribution is 7.98. The van der Waals surface area contributed by atoms with Gasteiger partial charge in [-0.3, -0.25) is 0 Å². The summed E-state index contributed by atoms with van der Waals surface area (Å²) in [7, 11) is 1.99. The highest BCUT2D eigenvalue weighted by atomic mass is 32.2. The molecule has 0 saturated carbocycles. The second-order valence-electron chi connectivity index (χ2n) is 3.11. The molecule has 1 aromatic rings. The number of rotatable bonds is 5. The Labute approximate surface area is 90.6 Å². The van der Waals surface area contributed by atoms with Crippen LogP contribution in [0.5, 0.6) is 0 Å². The minimum absolute atomic E-state index is 0.385. The molecule has 76 valence electrons. The summed E-state index contributed by atoms with van der Waals surface area (Å²) in [6.07, 6.45) is 5.03. The molecule has 0 spiro atoms. The van der Waals surface area contributed by atoms with Gasteiger partial charge in [-0.2, -0.15) is 0 Å². The molecule has 0 bridgehead atoms. The van der Waals surface area contributed by atoms with E-state index in [0.717, 1.165) is 6.42 Å². The smallest absolute Gasteiger partial charge is 0.0363 e. The monoisotopic (exact) mass is 207 g/mol. The average molecular weight is 207 g/mol. The van der Waals surface area contributed by atoms with Gasteiger partial charge < -0.3 is 5.32 Å². The van der Waals surface area contributed by atoms with Crippen LogP contribution in [0.15, 0.2) is 41.8 Å². The van der Waals surface area contributed by atoms with Crippen LogP contribution in [-0.2, 0) is 0 Å². The average Bonchev–Trinajstić information content (AvgIpc) is 2.26. The first-order chi connectivity index (χ1) is 6.83. The third-order valence-corrected chi connectivity index (χ3v) is 3.08. The van der Waals surface area contributed by atoms with Crippen LogP contribution < -0.4 is 5.32 Å². The molecule has 14 heavy (non-hydrogen) atoms. The summed E-state index contributed by atoms with van der Waals surface area (Å²) in [5.74, 6) is 0. The third kappa shape index (κ3) is 2.63. The van der Waals surface area contributed by atoms with Gasteiger partial charge in [0, 0.05) is 10.9 Å². The SMILES string of the molecule is C=CCC(NC)c1ccccc1SC. The van der Waals surface area contributed by atoms with Gasteiger partial charge in [0.2, 0.25) is 0 Å². The largest absolute Gasteiger partial charge is 0.313 e. The lowest BCUT2D eigenvalue weighted by Gasteiger charge is -2.17. The summed E-state index contributed by atoms with van der Waals surface area (Å²) < 4.78 is 0. The molecule has 0 saturated heterocycles. The van der Waals surface area contributed by atoms with Crippen LogP contribution in [0.25, 0.3) is 0 Å². The molecule has 2 heteroatoms. The fourth-order valence-electron chi connectivity index (χ4n) is 1.52. The third-order valence-electron chi connectivity index (χ3n) is 2.27. The molecule has 1 N–H and O–H groups in total. The molecule has 0 fully saturated rings. The molecule has 0 aliphatic heterocycles. The molecular formula is C12H17NS. The van der Waals surface area contributed by atoms with Crippen LogP contribution in [0.2, 0.25) is 0 Å². The predicted molar refractivity (Wildman–Crippen MR) is 64.8 cm³/mol. The fourth-order valence-corrected chi connectivity index (χ4v) is 2.18. The summed E-state index contributed by atoms with van der Waals surface area (Å²) in [4.78, 5) is 1.34. The first-order valence-corrected chi connectivity index (χ1v) is 5.97. The molecule has 1 unspecified atom stereocenters. The van der Waals surface area contributed by atoms with Crippen molar-refractivity contribution in [2.45, 2.75) is 17.4 Å². The number of nitrogens with one attached hydrogen (secondary N) is 1. The molecule has 1 rings (SSSR count). The lowest BCUT2D eigenvalue weighted by molar-refractivity contribution is 0.594. The Morgan fingerprint density at radius 1 is 1.50 bits per heavy atom. The van der Waals surface area contributed by atoms with E-state index in [1.807, 2.05) is 13.1 Å². The predicted octanol–water partition coefficient (Wildman–Crippen LogP) is 3.25. The Hall–Kier alpha value is -0.730. The van der Waals surface area contributed by atoms with Crippen molar-refractivity contribution < 1.29 is 0 Å². The Bertz CT molecular complexity index is 296. The maximum absolute atomic E-state index is 3.78. The molecule has 0 heterocycles. The van der Waals surface area contributed by atoms with Crippen molar-refractivity contribution in [2.24, 2.45) is 0 Å². The lowest BCUT2D eigenvalue weighted by Crippen LogP contribution is -2.16. The van der Waals surface area contributed by atoms with Crippen molar-refractivity contribution in [2.75, 3.05) is 13.3 Å². The highest BCUT2D eigenvalue weighted by Gasteiger charge is 2.10. The van der Waals surface area contributed by atoms with Crippen LogP contribution in [-0.4, -0.2) is 13.3 Å². The van der Waals surface area contributed by atoms with Gasteiger partial charge in [-0.25, -0.2) is 0 Å². The van der Waals surface area contributed by atoms with Gasteiger partial charge in [0.1, 0.15) is 0 Å². The minimum Gasteiger partial charge on any atom is -0.313 e. The normalized spacial score (nSPS) is 12.4. The molecule has 0 aliphatic rings. The Balaban J connectivity index is 2.95. The van der Waals surface area contributed by atoms with E-state index in [-0.39, 0.29) is 0 Å². The van der Waals surface area contributed by atoms with Crippen LogP contribution in [0.1, 0.15) is 18.0 Å². The van der Waals surface area contributed by atoms with Gasteiger partial charge in [-0.1, -0.05) is 24.3 Å². The molecule has 1 nitrogen and oxygen atoms in total. The van der Waals surface area contributed by atoms with Gasteiger partial charge in [-0.05, 0) is 31.4 Å². The van der Waals surface area contributed by atoms with E-state index < -0.39 is 0 Å². The second-order valence-corrected chi connectivity index (χ2v) is 3.96. The Morgan fingerprint density at radius 2 is 2.21 bits per heavy atom. The molecule has 0 amide bonds. The van der Waals surface area contributed by atoms with Gasteiger partial charge >= 0.3 is 0 Å². The van der Waals surface area contributed by atoms with Crippen molar-refractivity contribution in [1.29, 1.82) is 0 Å². The van der Waals surface area contributed by atoms with E-state index in [0.29, 0.717) is 6.04 Å². The Morgan fingerprint density at radius 3 is 2.79 bits per heavy atom. The van der Waals surface area contributed by atoms with Gasteiger partial charge in [0.15, 0.2) is 0 Å². The van der Waals surface area contributed by atoms with E-state index in [1.165, 1.54) is 10.5 Å². The fraction of sp³-hybridized carbons (Fsp3) is 0.333. The van der Waals surface area contributed by atoms with Crippen molar-refractivity contribution in [3.05, 3.63) is 42.5 Å². The Kier molecular flexibility index (Phi) is 4.77. The maximum atomic E-state index is 3.78. The maximum Gasteiger partial charge on any atom is 0.0363 e. The van der Waals surface area contributed by atoms with Crippen molar-refractivity contribution >= 4 is 11.8 Å². The van der Waals surface area contributed by atoms with E-state index >= 15 is 0 Å². The van der Waals surface area contributed by atoms with Crippen molar-refractivity contribution in [3.8, 4) is 0 Å². The zero-order valence-corrected chi connectivity index (χ0v) is 9.60. The van der Waals surface area contributed by atoms with Crippen molar-refractivity contribution in [3.63, 3.8) is 0 Å². The molecule has 1 aromatic carbocycles. The first-order valence-electron chi connectivity index (χ1n) is 4.74. The second kappa shape index (κ2) is 5.89. The summed E-state index contributed by atoms with van der Waals surface area (Å²) in [5.41, 5.74) is 1.36. The zero-order valence-electron chi connectivity index (χ0n) is 8.79. The lowest BCUT2D eigenvalue weighted by atomic mass is 10.0. The first kappa shape index (κ1) is 11.3. The zero-order chi connectivity index (χ0) is 10.4. The van der Waals surface area contributed by atoms with E-state index in [4.69, 9.17) is 0 Å². The van der Waals surface area contributed by atoms with Crippen LogP contribution in [0, 0.1) is 0 Å². The molecular weight excluding hydrogens is 190 g/mol. The number of benzene rings is 1. The highest BCUT2D eigenvalue weighted by Crippen LogP contribution is 2.27. The van der Waals surface area contributed by atoms with Crippen LogP contribution in [0.4, 0.5) is 0 Å². The summed E-state index contributed by atoms with van der Waals surface area (Å²) >= 11 is 1.79. The number of hydrogen-bond acceptors (Lipinski definition) is 2. The molecule has 1 atom stereocenters. The molecule has 0 aliphatic carbocycles. The molecule has 0 aromatic heterocycles.